The van der Waals surface area contributed by atoms with Gasteiger partial charge < -0.3 is 5.11 Å². The molecule has 0 aliphatic heterocycles. The molecule has 1 aliphatic rings. The smallest absolute Gasteiger partial charge is 0.306 e. The zero-order valence-electron chi connectivity index (χ0n) is 10.5. The number of hydrogen-bond donors (Lipinski definition) is 2. The second kappa shape index (κ2) is 5.08. The topological polar surface area (TPSA) is 110 Å². The molecule has 1 aromatic rings. The van der Waals surface area contributed by atoms with E-state index in [-0.39, 0.29) is 10.5 Å². The van der Waals surface area contributed by atoms with Crippen LogP contribution in [0.5, 0.6) is 0 Å². The summed E-state index contributed by atoms with van der Waals surface area (Å²) in [6.07, 6.45) is 0.0511. The number of benzene rings is 1. The molecule has 1 fully saturated rings. The van der Waals surface area contributed by atoms with Gasteiger partial charge in [-0.2, -0.15) is 4.39 Å². The van der Waals surface area contributed by atoms with Gasteiger partial charge in [-0.05, 0) is 31.4 Å². The number of aliphatic hydroxyl groups is 1. The Labute approximate surface area is 114 Å². The normalized spacial score (nSPS) is 22.4. The van der Waals surface area contributed by atoms with Crippen LogP contribution in [0.1, 0.15) is 18.4 Å². The number of nitro benzene ring substituents is 1. The highest BCUT2D eigenvalue weighted by Gasteiger charge is 2.32. The quantitative estimate of drug-likeness (QED) is 0.633. The van der Waals surface area contributed by atoms with Gasteiger partial charge in [-0.1, -0.05) is 0 Å². The SMILES string of the molecule is Cc1cc(S(=O)(=O)NC2CC(O)C2)cc([N+](=O)[O-])c1F. The van der Waals surface area contributed by atoms with Crippen LogP contribution in [0, 0.1) is 22.9 Å². The van der Waals surface area contributed by atoms with Crippen molar-refractivity contribution in [3.05, 3.63) is 33.6 Å². The van der Waals surface area contributed by atoms with Gasteiger partial charge in [0.15, 0.2) is 0 Å². The van der Waals surface area contributed by atoms with Crippen molar-refractivity contribution in [1.29, 1.82) is 0 Å². The number of aryl methyl sites for hydroxylation is 1. The summed E-state index contributed by atoms with van der Waals surface area (Å²) in [5.74, 6) is -1.05. The fourth-order valence-electron chi connectivity index (χ4n) is 1.98. The van der Waals surface area contributed by atoms with Crippen LogP contribution in [-0.4, -0.2) is 30.6 Å². The maximum Gasteiger partial charge on any atom is 0.306 e. The molecule has 0 spiro atoms. The van der Waals surface area contributed by atoms with Crippen molar-refractivity contribution < 1.29 is 22.8 Å². The first-order chi connectivity index (χ1) is 9.20. The number of aliphatic hydroxyl groups excluding tert-OH is 1. The highest BCUT2D eigenvalue weighted by Crippen LogP contribution is 2.27. The molecule has 1 aromatic carbocycles. The zero-order valence-corrected chi connectivity index (χ0v) is 11.4. The molecule has 2 rings (SSSR count). The number of nitro groups is 1. The first-order valence-electron chi connectivity index (χ1n) is 5.85. The molecular weight excluding hydrogens is 291 g/mol. The molecule has 0 amide bonds. The lowest BCUT2D eigenvalue weighted by Crippen LogP contribution is -2.46. The molecule has 0 bridgehead atoms. The first-order valence-corrected chi connectivity index (χ1v) is 7.34. The second-order valence-corrected chi connectivity index (χ2v) is 6.49. The van der Waals surface area contributed by atoms with Crippen molar-refractivity contribution in [2.45, 2.75) is 36.8 Å². The lowest BCUT2D eigenvalue weighted by Gasteiger charge is -2.31. The van der Waals surface area contributed by atoms with Crippen LogP contribution in [0.4, 0.5) is 10.1 Å². The van der Waals surface area contributed by atoms with E-state index in [1.54, 1.807) is 0 Å². The Morgan fingerprint density at radius 1 is 1.45 bits per heavy atom. The van der Waals surface area contributed by atoms with E-state index in [9.17, 15) is 22.9 Å². The molecule has 0 heterocycles. The number of nitrogens with one attached hydrogen (secondary N) is 1. The van der Waals surface area contributed by atoms with Gasteiger partial charge in [0.25, 0.3) is 0 Å². The molecule has 20 heavy (non-hydrogen) atoms. The van der Waals surface area contributed by atoms with Gasteiger partial charge in [0.05, 0.1) is 15.9 Å². The summed E-state index contributed by atoms with van der Waals surface area (Å²) < 4.78 is 39.9. The molecule has 7 nitrogen and oxygen atoms in total. The fourth-order valence-corrected chi connectivity index (χ4v) is 3.34. The summed E-state index contributed by atoms with van der Waals surface area (Å²) in [5, 5.41) is 19.8. The molecule has 0 unspecified atom stereocenters. The molecule has 9 heteroatoms. The number of halogens is 1. The minimum atomic E-state index is -3.97. The third kappa shape index (κ3) is 2.79. The molecule has 110 valence electrons. The molecule has 1 saturated carbocycles. The molecule has 0 aromatic heterocycles. The Balaban J connectivity index is 2.34. The Morgan fingerprint density at radius 2 is 2.05 bits per heavy atom. The van der Waals surface area contributed by atoms with Crippen molar-refractivity contribution >= 4 is 15.7 Å². The standard InChI is InChI=1S/C11H13FN2O5S/c1-6-2-9(5-10(11(6)12)14(16)17)20(18,19)13-7-3-8(15)4-7/h2,5,7-8,13,15H,3-4H2,1H3. The minimum Gasteiger partial charge on any atom is -0.393 e. The Kier molecular flexibility index (Phi) is 3.76. The van der Waals surface area contributed by atoms with Crippen molar-refractivity contribution in [1.82, 2.24) is 4.72 Å². The summed E-state index contributed by atoms with van der Waals surface area (Å²) in [6, 6.07) is 1.33. The summed E-state index contributed by atoms with van der Waals surface area (Å²) in [5.41, 5.74) is -0.993. The third-order valence-electron chi connectivity index (χ3n) is 3.15. The third-order valence-corrected chi connectivity index (χ3v) is 4.65. The molecule has 0 radical (unpaired) electrons. The van der Waals surface area contributed by atoms with Gasteiger partial charge in [0.1, 0.15) is 0 Å². The molecule has 0 atom stereocenters. The Hall–Kier alpha value is -1.58. The minimum absolute atomic E-state index is 0.117. The van der Waals surface area contributed by atoms with Crippen molar-refractivity contribution in [2.24, 2.45) is 0 Å². The molecule has 1 aliphatic carbocycles. The van der Waals surface area contributed by atoms with Crippen LogP contribution in [0.3, 0.4) is 0 Å². The first kappa shape index (κ1) is 14.8. The maximum absolute atomic E-state index is 13.5. The van der Waals surface area contributed by atoms with Crippen LogP contribution in [0.15, 0.2) is 17.0 Å². The number of nitrogens with zero attached hydrogens (tertiary/aromatic N) is 1. The van der Waals surface area contributed by atoms with Gasteiger partial charge in [0, 0.05) is 12.1 Å². The van der Waals surface area contributed by atoms with Crippen molar-refractivity contribution in [3.63, 3.8) is 0 Å². The summed E-state index contributed by atoms with van der Waals surface area (Å²) in [6.45, 7) is 1.26. The second-order valence-electron chi connectivity index (χ2n) is 4.77. The van der Waals surface area contributed by atoms with Crippen LogP contribution in [-0.2, 0) is 10.0 Å². The average molecular weight is 304 g/mol. The number of rotatable bonds is 4. The predicted octanol–water partition coefficient (Wildman–Crippen LogP) is 0.844. The van der Waals surface area contributed by atoms with E-state index >= 15 is 0 Å². The van der Waals surface area contributed by atoms with Gasteiger partial charge in [-0.15, -0.1) is 0 Å². The van der Waals surface area contributed by atoms with E-state index < -0.39 is 38.6 Å². The number of hydrogen-bond acceptors (Lipinski definition) is 5. The molecule has 0 saturated heterocycles. The lowest BCUT2D eigenvalue weighted by atomic mass is 9.91. The van der Waals surface area contributed by atoms with Gasteiger partial charge in [-0.25, -0.2) is 13.1 Å². The van der Waals surface area contributed by atoms with Gasteiger partial charge >= 0.3 is 5.69 Å². The maximum atomic E-state index is 13.5. The van der Waals surface area contributed by atoms with Crippen LogP contribution < -0.4 is 4.72 Å². The van der Waals surface area contributed by atoms with Gasteiger partial charge in [0.2, 0.25) is 15.8 Å². The van der Waals surface area contributed by atoms with Crippen LogP contribution in [0.25, 0.3) is 0 Å². The van der Waals surface area contributed by atoms with E-state index in [1.807, 2.05) is 0 Å². The van der Waals surface area contributed by atoms with Crippen LogP contribution in [0.2, 0.25) is 0 Å². The summed E-state index contributed by atoms with van der Waals surface area (Å²) in [4.78, 5) is 9.38. The zero-order chi connectivity index (χ0) is 15.1. The van der Waals surface area contributed by atoms with E-state index in [2.05, 4.69) is 4.72 Å². The molecule has 2 N–H and O–H groups in total. The highest BCUT2D eigenvalue weighted by molar-refractivity contribution is 7.89. The monoisotopic (exact) mass is 304 g/mol. The summed E-state index contributed by atoms with van der Waals surface area (Å²) >= 11 is 0. The van der Waals surface area contributed by atoms with E-state index in [0.717, 1.165) is 6.07 Å². The fraction of sp³-hybridized carbons (Fsp3) is 0.455. The number of sulfonamides is 1. The lowest BCUT2D eigenvalue weighted by molar-refractivity contribution is -0.387. The highest BCUT2D eigenvalue weighted by atomic mass is 32.2. The van der Waals surface area contributed by atoms with Crippen LogP contribution >= 0.6 is 0 Å². The molecular formula is C11H13FN2O5S. The Bertz CT molecular complexity index is 655. The predicted molar refractivity (Wildman–Crippen MR) is 67.1 cm³/mol. The van der Waals surface area contributed by atoms with E-state index in [1.165, 1.54) is 6.92 Å². The average Bonchev–Trinajstić information content (AvgIpc) is 2.29. The van der Waals surface area contributed by atoms with Crippen molar-refractivity contribution in [3.8, 4) is 0 Å². The Morgan fingerprint density at radius 3 is 2.55 bits per heavy atom. The van der Waals surface area contributed by atoms with Gasteiger partial charge in [-0.3, -0.25) is 10.1 Å². The van der Waals surface area contributed by atoms with Crippen molar-refractivity contribution in [2.75, 3.05) is 0 Å². The van der Waals surface area contributed by atoms with E-state index in [0.29, 0.717) is 18.9 Å². The summed E-state index contributed by atoms with van der Waals surface area (Å²) in [7, 11) is -3.97. The van der Waals surface area contributed by atoms with E-state index in [4.69, 9.17) is 5.11 Å². The largest absolute Gasteiger partial charge is 0.393 e.